The fourth-order valence-electron chi connectivity index (χ4n) is 2.96. The number of hydrogen-bond acceptors (Lipinski definition) is 4. The van der Waals surface area contributed by atoms with Crippen LogP contribution in [0.15, 0.2) is 41.9 Å². The van der Waals surface area contributed by atoms with Crippen LogP contribution in [-0.4, -0.2) is 23.7 Å². The van der Waals surface area contributed by atoms with Crippen LogP contribution in [0.2, 0.25) is 0 Å². The maximum absolute atomic E-state index is 12.3. The van der Waals surface area contributed by atoms with Crippen molar-refractivity contribution >= 4 is 17.4 Å². The minimum absolute atomic E-state index is 0.0326. The Labute approximate surface area is 146 Å². The molecule has 2 amide bonds. The summed E-state index contributed by atoms with van der Waals surface area (Å²) in [5, 5.41) is 9.00. The van der Waals surface area contributed by atoms with Crippen LogP contribution in [0.4, 0.5) is 4.79 Å². The van der Waals surface area contributed by atoms with E-state index in [-0.39, 0.29) is 24.2 Å². The molecule has 0 saturated carbocycles. The average molecular weight is 345 g/mol. The molecule has 0 aliphatic carbocycles. The van der Waals surface area contributed by atoms with E-state index in [0.717, 1.165) is 24.3 Å². The minimum atomic E-state index is -0.129. The normalized spacial score (nSPS) is 21.9. The number of carbonyl (C=O) groups is 1. The van der Waals surface area contributed by atoms with Gasteiger partial charge in [0.15, 0.2) is 0 Å². The Morgan fingerprint density at radius 3 is 2.96 bits per heavy atom. The average Bonchev–Trinajstić information content (AvgIpc) is 3.15. The largest absolute Gasteiger partial charge is 0.373 e. The summed E-state index contributed by atoms with van der Waals surface area (Å²) in [4.78, 5) is 16.6. The molecular formula is C18H23N3O2S. The quantitative estimate of drug-likeness (QED) is 0.866. The fraction of sp³-hybridized carbons (Fsp3) is 0.444. The van der Waals surface area contributed by atoms with Crippen molar-refractivity contribution in [2.24, 2.45) is 0 Å². The number of hydrogen-bond donors (Lipinski definition) is 2. The van der Waals surface area contributed by atoms with Gasteiger partial charge >= 0.3 is 6.03 Å². The number of ether oxygens (including phenoxy) is 1. The maximum atomic E-state index is 12.3. The van der Waals surface area contributed by atoms with Crippen molar-refractivity contribution in [3.8, 4) is 0 Å². The number of urea groups is 1. The van der Waals surface area contributed by atoms with Crippen LogP contribution in [0.25, 0.3) is 0 Å². The van der Waals surface area contributed by atoms with E-state index in [9.17, 15) is 4.79 Å². The van der Waals surface area contributed by atoms with Crippen LogP contribution in [0.3, 0.4) is 0 Å². The molecule has 2 N–H and O–H groups in total. The first-order chi connectivity index (χ1) is 11.8. The lowest BCUT2D eigenvalue weighted by Crippen LogP contribution is -2.45. The zero-order valence-electron chi connectivity index (χ0n) is 13.8. The van der Waals surface area contributed by atoms with Gasteiger partial charge in [0.1, 0.15) is 5.01 Å². The van der Waals surface area contributed by atoms with Gasteiger partial charge in [0.2, 0.25) is 0 Å². The molecule has 5 nitrogen and oxygen atoms in total. The molecule has 0 radical (unpaired) electrons. The standard InChI is InChI=1S/C18H23N3O2S/c1-2-15(17-19-9-11-24-17)21-18(22)20-14-8-10-23-16(12-14)13-6-4-3-5-7-13/h3-7,9,11,14-16H,2,8,10,12H2,1H3,(H2,20,21,22)/t14-,15+,16-/m1/s1. The molecule has 1 aliphatic heterocycles. The van der Waals surface area contributed by atoms with E-state index in [1.807, 2.05) is 30.5 Å². The van der Waals surface area contributed by atoms with E-state index in [4.69, 9.17) is 4.74 Å². The second-order valence-corrected chi connectivity index (χ2v) is 6.87. The van der Waals surface area contributed by atoms with Crippen LogP contribution in [-0.2, 0) is 4.74 Å². The van der Waals surface area contributed by atoms with Crippen molar-refractivity contribution < 1.29 is 9.53 Å². The molecule has 1 fully saturated rings. The summed E-state index contributed by atoms with van der Waals surface area (Å²) in [6, 6.07) is 10.1. The van der Waals surface area contributed by atoms with Crippen molar-refractivity contribution in [1.82, 2.24) is 15.6 Å². The van der Waals surface area contributed by atoms with Gasteiger partial charge in [-0.1, -0.05) is 37.3 Å². The van der Waals surface area contributed by atoms with E-state index in [0.29, 0.717) is 6.61 Å². The molecule has 2 heterocycles. The highest BCUT2D eigenvalue weighted by molar-refractivity contribution is 7.09. The molecule has 3 rings (SSSR count). The van der Waals surface area contributed by atoms with Gasteiger partial charge in [0, 0.05) is 24.2 Å². The van der Waals surface area contributed by atoms with E-state index in [2.05, 4.69) is 27.8 Å². The Morgan fingerprint density at radius 2 is 2.25 bits per heavy atom. The highest BCUT2D eigenvalue weighted by Crippen LogP contribution is 2.28. The molecule has 2 aromatic rings. The smallest absolute Gasteiger partial charge is 0.315 e. The second-order valence-electron chi connectivity index (χ2n) is 5.94. The third kappa shape index (κ3) is 4.33. The number of amides is 2. The summed E-state index contributed by atoms with van der Waals surface area (Å²) in [5.74, 6) is 0. The number of rotatable bonds is 5. The molecule has 1 saturated heterocycles. The first kappa shape index (κ1) is 16.9. The summed E-state index contributed by atoms with van der Waals surface area (Å²) >= 11 is 1.57. The first-order valence-corrected chi connectivity index (χ1v) is 9.27. The van der Waals surface area contributed by atoms with Crippen molar-refractivity contribution in [2.45, 2.75) is 44.4 Å². The van der Waals surface area contributed by atoms with E-state index >= 15 is 0 Å². The fourth-order valence-corrected chi connectivity index (χ4v) is 3.73. The summed E-state index contributed by atoms with van der Waals surface area (Å²) in [7, 11) is 0. The summed E-state index contributed by atoms with van der Waals surface area (Å²) in [6.07, 6.45) is 4.27. The summed E-state index contributed by atoms with van der Waals surface area (Å²) in [6.45, 7) is 2.71. The molecule has 3 atom stereocenters. The molecule has 6 heteroatoms. The number of thiazole rings is 1. The van der Waals surface area contributed by atoms with Crippen molar-refractivity contribution in [3.63, 3.8) is 0 Å². The highest BCUT2D eigenvalue weighted by atomic mass is 32.1. The number of nitrogens with one attached hydrogen (secondary N) is 2. The van der Waals surface area contributed by atoms with Crippen LogP contribution in [0.1, 0.15) is 48.9 Å². The minimum Gasteiger partial charge on any atom is -0.373 e. The molecule has 0 bridgehead atoms. The number of nitrogens with zero attached hydrogens (tertiary/aromatic N) is 1. The lowest BCUT2D eigenvalue weighted by Gasteiger charge is -2.30. The van der Waals surface area contributed by atoms with Crippen LogP contribution in [0.5, 0.6) is 0 Å². The van der Waals surface area contributed by atoms with Gasteiger partial charge in [-0.2, -0.15) is 0 Å². The molecule has 1 aliphatic rings. The second kappa shape index (κ2) is 8.26. The van der Waals surface area contributed by atoms with Gasteiger partial charge in [0.05, 0.1) is 12.1 Å². The zero-order chi connectivity index (χ0) is 16.8. The highest BCUT2D eigenvalue weighted by Gasteiger charge is 2.25. The Balaban J connectivity index is 1.54. The number of carbonyl (C=O) groups excluding carboxylic acids is 1. The lowest BCUT2D eigenvalue weighted by molar-refractivity contribution is 0.00221. The number of aromatic nitrogens is 1. The molecule has 0 spiro atoms. The SMILES string of the molecule is CC[C@H](NC(=O)N[C@@H]1CCO[C@@H](c2ccccc2)C1)c1nccs1. The third-order valence-corrected chi connectivity index (χ3v) is 5.14. The molecule has 0 unspecified atom stereocenters. The van der Waals surface area contributed by atoms with Crippen molar-refractivity contribution in [2.75, 3.05) is 6.61 Å². The summed E-state index contributed by atoms with van der Waals surface area (Å²) in [5.41, 5.74) is 1.17. The topological polar surface area (TPSA) is 63.2 Å². The molecule has 1 aromatic carbocycles. The van der Waals surface area contributed by atoms with E-state index in [1.54, 1.807) is 17.5 Å². The number of benzene rings is 1. The van der Waals surface area contributed by atoms with Gasteiger partial charge in [-0.05, 0) is 24.8 Å². The Kier molecular flexibility index (Phi) is 5.82. The van der Waals surface area contributed by atoms with E-state index in [1.165, 1.54) is 5.56 Å². The van der Waals surface area contributed by atoms with Gasteiger partial charge in [-0.25, -0.2) is 9.78 Å². The zero-order valence-corrected chi connectivity index (χ0v) is 14.6. The van der Waals surface area contributed by atoms with Gasteiger partial charge in [0.25, 0.3) is 0 Å². The van der Waals surface area contributed by atoms with Gasteiger partial charge in [-0.3, -0.25) is 0 Å². The van der Waals surface area contributed by atoms with Gasteiger partial charge in [-0.15, -0.1) is 11.3 Å². The van der Waals surface area contributed by atoms with Crippen molar-refractivity contribution in [3.05, 3.63) is 52.5 Å². The predicted octanol–water partition coefficient (Wildman–Crippen LogP) is 3.81. The first-order valence-electron chi connectivity index (χ1n) is 8.39. The lowest BCUT2D eigenvalue weighted by atomic mass is 9.97. The van der Waals surface area contributed by atoms with Crippen molar-refractivity contribution in [1.29, 1.82) is 0 Å². The monoisotopic (exact) mass is 345 g/mol. The molecule has 128 valence electrons. The Hall–Kier alpha value is -1.92. The van der Waals surface area contributed by atoms with Crippen LogP contribution >= 0.6 is 11.3 Å². The van der Waals surface area contributed by atoms with Gasteiger partial charge < -0.3 is 15.4 Å². The van der Waals surface area contributed by atoms with Crippen LogP contribution < -0.4 is 10.6 Å². The van der Waals surface area contributed by atoms with E-state index < -0.39 is 0 Å². The predicted molar refractivity (Wildman–Crippen MR) is 95.0 cm³/mol. The van der Waals surface area contributed by atoms with Crippen LogP contribution in [0, 0.1) is 0 Å². The maximum Gasteiger partial charge on any atom is 0.315 e. The summed E-state index contributed by atoms with van der Waals surface area (Å²) < 4.78 is 5.86. The molecule has 24 heavy (non-hydrogen) atoms. The Bertz CT molecular complexity index is 633. The molecule has 1 aromatic heterocycles. The molecular weight excluding hydrogens is 322 g/mol. The Morgan fingerprint density at radius 1 is 1.42 bits per heavy atom. The third-order valence-electron chi connectivity index (χ3n) is 4.25.